The number of aromatic nitrogens is 1. The third kappa shape index (κ3) is 3.70. The first-order valence-electron chi connectivity index (χ1n) is 6.15. The van der Waals surface area contributed by atoms with E-state index in [1.165, 1.54) is 6.42 Å². The third-order valence-corrected chi connectivity index (χ3v) is 3.72. The predicted octanol–water partition coefficient (Wildman–Crippen LogP) is 2.13. The maximum Gasteiger partial charge on any atom is 0.317 e. The van der Waals surface area contributed by atoms with Crippen molar-refractivity contribution in [3.8, 4) is 0 Å². The number of hydrogen-bond donors (Lipinski definition) is 1. The first-order chi connectivity index (χ1) is 8.25. The van der Waals surface area contributed by atoms with Crippen molar-refractivity contribution in [2.45, 2.75) is 26.2 Å². The van der Waals surface area contributed by atoms with Crippen LogP contribution in [0.15, 0.2) is 10.9 Å². The second-order valence-electron chi connectivity index (χ2n) is 4.66. The molecule has 1 aliphatic heterocycles. The number of rotatable bonds is 3. The first-order valence-corrected chi connectivity index (χ1v) is 7.10. The summed E-state index contributed by atoms with van der Waals surface area (Å²) in [5.41, 5.74) is 2.88. The number of carbonyl (C=O) groups excluding carboxylic acids is 1. The first kappa shape index (κ1) is 12.4. The summed E-state index contributed by atoms with van der Waals surface area (Å²) in [5.74, 6) is 0.632. The number of urea groups is 1. The molecule has 5 heteroatoms. The fourth-order valence-corrected chi connectivity index (χ4v) is 2.74. The van der Waals surface area contributed by atoms with Crippen molar-refractivity contribution >= 4 is 17.4 Å². The van der Waals surface area contributed by atoms with E-state index in [1.807, 2.05) is 15.8 Å². The van der Waals surface area contributed by atoms with Crippen LogP contribution in [0, 0.1) is 5.92 Å². The van der Waals surface area contributed by atoms with Crippen LogP contribution in [0.25, 0.3) is 0 Å². The maximum absolute atomic E-state index is 11.9. The Morgan fingerprint density at radius 3 is 3.29 bits per heavy atom. The number of carbonyl (C=O) groups is 1. The Morgan fingerprint density at radius 1 is 1.71 bits per heavy atom. The number of thiazole rings is 1. The van der Waals surface area contributed by atoms with E-state index in [2.05, 4.69) is 17.2 Å². The Kier molecular flexibility index (Phi) is 4.36. The molecular formula is C12H19N3OS. The van der Waals surface area contributed by atoms with Crippen molar-refractivity contribution in [2.75, 3.05) is 19.6 Å². The zero-order valence-corrected chi connectivity index (χ0v) is 11.0. The van der Waals surface area contributed by atoms with Gasteiger partial charge < -0.3 is 10.2 Å². The minimum atomic E-state index is 0.0757. The summed E-state index contributed by atoms with van der Waals surface area (Å²) in [7, 11) is 0. The highest BCUT2D eigenvalue weighted by Gasteiger charge is 2.20. The van der Waals surface area contributed by atoms with Crippen molar-refractivity contribution in [3.63, 3.8) is 0 Å². The molecule has 0 aliphatic carbocycles. The number of likely N-dealkylation sites (tertiary alicyclic amines) is 1. The van der Waals surface area contributed by atoms with Crippen LogP contribution in [0.4, 0.5) is 4.79 Å². The Labute approximate surface area is 106 Å². The molecule has 1 aliphatic rings. The summed E-state index contributed by atoms with van der Waals surface area (Å²) >= 11 is 1.59. The topological polar surface area (TPSA) is 45.2 Å². The lowest BCUT2D eigenvalue weighted by Gasteiger charge is -2.30. The fraction of sp³-hybridized carbons (Fsp3) is 0.667. The molecule has 0 spiro atoms. The van der Waals surface area contributed by atoms with Crippen LogP contribution in [0.3, 0.4) is 0 Å². The van der Waals surface area contributed by atoms with Gasteiger partial charge in [0.15, 0.2) is 0 Å². The number of nitrogens with one attached hydrogen (secondary N) is 1. The van der Waals surface area contributed by atoms with Gasteiger partial charge in [0.2, 0.25) is 0 Å². The van der Waals surface area contributed by atoms with E-state index in [1.54, 1.807) is 11.3 Å². The van der Waals surface area contributed by atoms with E-state index in [9.17, 15) is 4.79 Å². The molecule has 1 atom stereocenters. The number of nitrogens with zero attached hydrogens (tertiary/aromatic N) is 2. The average Bonchev–Trinajstić information content (AvgIpc) is 2.82. The van der Waals surface area contributed by atoms with Gasteiger partial charge in [0.05, 0.1) is 11.2 Å². The van der Waals surface area contributed by atoms with E-state index >= 15 is 0 Å². The molecular weight excluding hydrogens is 234 g/mol. The number of amides is 2. The van der Waals surface area contributed by atoms with E-state index in [0.29, 0.717) is 12.5 Å². The van der Waals surface area contributed by atoms with Crippen molar-refractivity contribution in [3.05, 3.63) is 16.6 Å². The fourth-order valence-electron chi connectivity index (χ4n) is 2.14. The largest absolute Gasteiger partial charge is 0.338 e. The van der Waals surface area contributed by atoms with Crippen LogP contribution in [0.1, 0.15) is 25.5 Å². The Morgan fingerprint density at radius 2 is 2.59 bits per heavy atom. The zero-order chi connectivity index (χ0) is 12.1. The summed E-state index contributed by atoms with van der Waals surface area (Å²) in [6, 6.07) is 0.0757. The SMILES string of the molecule is CC1CCCN(C(=O)NCCc2cscn2)C1. The molecule has 1 saturated heterocycles. The molecule has 17 heavy (non-hydrogen) atoms. The van der Waals surface area contributed by atoms with Crippen LogP contribution < -0.4 is 5.32 Å². The second-order valence-corrected chi connectivity index (χ2v) is 5.37. The Hall–Kier alpha value is -1.10. The van der Waals surface area contributed by atoms with Crippen molar-refractivity contribution in [2.24, 2.45) is 5.92 Å². The lowest BCUT2D eigenvalue weighted by Crippen LogP contribution is -2.45. The summed E-state index contributed by atoms with van der Waals surface area (Å²) in [4.78, 5) is 18.0. The quantitative estimate of drug-likeness (QED) is 0.897. The monoisotopic (exact) mass is 253 g/mol. The summed E-state index contributed by atoms with van der Waals surface area (Å²) < 4.78 is 0. The number of piperidine rings is 1. The van der Waals surface area contributed by atoms with Gasteiger partial charge in [-0.2, -0.15) is 0 Å². The van der Waals surface area contributed by atoms with Gasteiger partial charge >= 0.3 is 6.03 Å². The molecule has 1 N–H and O–H groups in total. The van der Waals surface area contributed by atoms with Gasteiger partial charge in [-0.3, -0.25) is 0 Å². The molecule has 4 nitrogen and oxygen atoms in total. The molecule has 0 aromatic carbocycles. The van der Waals surface area contributed by atoms with Crippen LogP contribution in [-0.4, -0.2) is 35.5 Å². The van der Waals surface area contributed by atoms with Crippen LogP contribution in [-0.2, 0) is 6.42 Å². The molecule has 1 aromatic rings. The van der Waals surface area contributed by atoms with Gasteiger partial charge in [0.25, 0.3) is 0 Å². The van der Waals surface area contributed by atoms with Crippen LogP contribution in [0.2, 0.25) is 0 Å². The lowest BCUT2D eigenvalue weighted by atomic mass is 10.0. The van der Waals surface area contributed by atoms with Gasteiger partial charge in [-0.25, -0.2) is 9.78 Å². The van der Waals surface area contributed by atoms with Gasteiger partial charge in [0.1, 0.15) is 0 Å². The summed E-state index contributed by atoms with van der Waals surface area (Å²) in [6.45, 7) is 4.66. The number of hydrogen-bond acceptors (Lipinski definition) is 3. The van der Waals surface area contributed by atoms with Gasteiger partial charge in [-0.05, 0) is 18.8 Å². The minimum absolute atomic E-state index is 0.0757. The average molecular weight is 253 g/mol. The van der Waals surface area contributed by atoms with Crippen molar-refractivity contribution < 1.29 is 4.79 Å². The van der Waals surface area contributed by atoms with Crippen molar-refractivity contribution in [1.82, 2.24) is 15.2 Å². The van der Waals surface area contributed by atoms with Gasteiger partial charge in [-0.15, -0.1) is 11.3 Å². The summed E-state index contributed by atoms with van der Waals surface area (Å²) in [5, 5.41) is 4.99. The predicted molar refractivity (Wildman–Crippen MR) is 69.2 cm³/mol. The van der Waals surface area contributed by atoms with Crippen LogP contribution >= 0.6 is 11.3 Å². The highest BCUT2D eigenvalue weighted by Crippen LogP contribution is 2.15. The smallest absolute Gasteiger partial charge is 0.317 e. The zero-order valence-electron chi connectivity index (χ0n) is 10.2. The molecule has 2 heterocycles. The van der Waals surface area contributed by atoms with Crippen molar-refractivity contribution in [1.29, 1.82) is 0 Å². The Bertz CT molecular complexity index is 353. The lowest BCUT2D eigenvalue weighted by molar-refractivity contribution is 0.170. The maximum atomic E-state index is 11.9. The minimum Gasteiger partial charge on any atom is -0.338 e. The third-order valence-electron chi connectivity index (χ3n) is 3.09. The normalized spacial score (nSPS) is 20.3. The van der Waals surface area contributed by atoms with E-state index in [4.69, 9.17) is 0 Å². The van der Waals surface area contributed by atoms with Gasteiger partial charge in [-0.1, -0.05) is 6.92 Å². The second kappa shape index (κ2) is 6.00. The molecule has 0 bridgehead atoms. The molecule has 0 radical (unpaired) electrons. The highest BCUT2D eigenvalue weighted by atomic mass is 32.1. The van der Waals surface area contributed by atoms with Gasteiger partial charge in [0, 0.05) is 31.4 Å². The molecule has 2 rings (SSSR count). The van der Waals surface area contributed by atoms with E-state index < -0.39 is 0 Å². The van der Waals surface area contributed by atoms with Crippen LogP contribution in [0.5, 0.6) is 0 Å². The van der Waals surface area contributed by atoms with E-state index in [-0.39, 0.29) is 6.03 Å². The highest BCUT2D eigenvalue weighted by molar-refractivity contribution is 7.07. The van der Waals surface area contributed by atoms with E-state index in [0.717, 1.165) is 31.6 Å². The molecule has 94 valence electrons. The molecule has 1 aromatic heterocycles. The molecule has 1 unspecified atom stereocenters. The Balaban J connectivity index is 1.70. The molecule has 0 saturated carbocycles. The standard InChI is InChI=1S/C12H19N3OS/c1-10-3-2-6-15(7-10)12(16)13-5-4-11-8-17-9-14-11/h8-10H,2-7H2,1H3,(H,13,16). The molecule has 1 fully saturated rings. The molecule has 2 amide bonds. The summed E-state index contributed by atoms with van der Waals surface area (Å²) in [6.07, 6.45) is 3.18.